The molecule has 0 radical (unpaired) electrons. The monoisotopic (exact) mass is 459 g/mol. The molecule has 2 heterocycles. The highest BCUT2D eigenvalue weighted by atomic mass is 35.5. The van der Waals surface area contributed by atoms with Crippen LogP contribution in [0.1, 0.15) is 39.2 Å². The molecule has 0 spiro atoms. The number of rotatable bonds is 6. The van der Waals surface area contributed by atoms with Crippen molar-refractivity contribution in [3.63, 3.8) is 0 Å². The van der Waals surface area contributed by atoms with Crippen molar-refractivity contribution in [2.45, 2.75) is 46.1 Å². The molecule has 1 fully saturated rings. The normalized spacial score (nSPS) is 17.2. The minimum absolute atomic E-state index is 0.0809. The third kappa shape index (κ3) is 5.74. The molecule has 1 aliphatic rings. The Kier molecular flexibility index (Phi) is 6.80. The van der Waals surface area contributed by atoms with E-state index >= 15 is 0 Å². The van der Waals surface area contributed by atoms with Crippen LogP contribution in [0.3, 0.4) is 0 Å². The Labute approximate surface area is 194 Å². The standard InChI is InChI=1S/C25H31Cl2N3O/c1-25(2,3)23(29-24-28-21-6-4-5-7-22(21)31-24)16-30-12-10-17(11-13-30)14-18-8-9-19(26)20(27)15-18/h4-9,15,17,23H,10-14,16H2,1-3H3,(H,28,29)/t23-/m0/s1. The lowest BCUT2D eigenvalue weighted by molar-refractivity contribution is 0.152. The van der Waals surface area contributed by atoms with E-state index in [0.29, 0.717) is 22.0 Å². The van der Waals surface area contributed by atoms with Crippen molar-refractivity contribution < 1.29 is 4.42 Å². The molecule has 0 bridgehead atoms. The number of fused-ring (bicyclic) bond motifs is 1. The minimum atomic E-state index is 0.0809. The van der Waals surface area contributed by atoms with Gasteiger partial charge >= 0.3 is 0 Å². The summed E-state index contributed by atoms with van der Waals surface area (Å²) in [5.74, 6) is 0.687. The van der Waals surface area contributed by atoms with E-state index in [-0.39, 0.29) is 11.5 Å². The van der Waals surface area contributed by atoms with Crippen LogP contribution in [0.2, 0.25) is 10.0 Å². The molecule has 2 aromatic carbocycles. The van der Waals surface area contributed by atoms with Crippen LogP contribution in [0.15, 0.2) is 46.9 Å². The van der Waals surface area contributed by atoms with Gasteiger partial charge in [-0.2, -0.15) is 4.98 Å². The number of piperidine rings is 1. The van der Waals surface area contributed by atoms with Crippen molar-refractivity contribution in [3.05, 3.63) is 58.1 Å². The molecule has 3 aromatic rings. The number of oxazole rings is 1. The van der Waals surface area contributed by atoms with Gasteiger partial charge in [-0.3, -0.25) is 0 Å². The van der Waals surface area contributed by atoms with Gasteiger partial charge in [-0.1, -0.05) is 62.2 Å². The summed E-state index contributed by atoms with van der Waals surface area (Å²) >= 11 is 12.2. The van der Waals surface area contributed by atoms with Crippen LogP contribution in [-0.4, -0.2) is 35.6 Å². The molecule has 1 aromatic heterocycles. The van der Waals surface area contributed by atoms with Gasteiger partial charge in [0.25, 0.3) is 6.01 Å². The van der Waals surface area contributed by atoms with E-state index in [2.05, 4.69) is 42.0 Å². The maximum absolute atomic E-state index is 6.19. The van der Waals surface area contributed by atoms with E-state index in [1.54, 1.807) is 0 Å². The molecule has 0 aliphatic carbocycles. The molecule has 1 aliphatic heterocycles. The van der Waals surface area contributed by atoms with Crippen molar-refractivity contribution in [2.75, 3.05) is 25.0 Å². The number of aromatic nitrogens is 1. The zero-order valence-electron chi connectivity index (χ0n) is 18.5. The van der Waals surface area contributed by atoms with E-state index in [1.807, 2.05) is 36.4 Å². The van der Waals surface area contributed by atoms with Gasteiger partial charge in [0.15, 0.2) is 5.58 Å². The fraction of sp³-hybridized carbons (Fsp3) is 0.480. The Morgan fingerprint density at radius 1 is 1.10 bits per heavy atom. The topological polar surface area (TPSA) is 41.3 Å². The molecule has 1 atom stereocenters. The largest absolute Gasteiger partial charge is 0.424 e. The summed E-state index contributed by atoms with van der Waals surface area (Å²) in [5, 5.41) is 4.84. The maximum Gasteiger partial charge on any atom is 0.295 e. The summed E-state index contributed by atoms with van der Waals surface area (Å²) in [4.78, 5) is 7.18. The van der Waals surface area contributed by atoms with Gasteiger partial charge in [0.1, 0.15) is 5.52 Å². The molecule has 0 unspecified atom stereocenters. The number of nitrogens with zero attached hydrogens (tertiary/aromatic N) is 2. The number of anilines is 1. The zero-order chi connectivity index (χ0) is 22.0. The van der Waals surface area contributed by atoms with Crippen LogP contribution in [0.25, 0.3) is 11.1 Å². The average Bonchev–Trinajstić information content (AvgIpc) is 3.13. The van der Waals surface area contributed by atoms with Crippen molar-refractivity contribution in [1.82, 2.24) is 9.88 Å². The van der Waals surface area contributed by atoms with Gasteiger partial charge in [0.2, 0.25) is 0 Å². The van der Waals surface area contributed by atoms with Gasteiger partial charge in [-0.25, -0.2) is 0 Å². The molecule has 166 valence electrons. The Morgan fingerprint density at radius 2 is 1.84 bits per heavy atom. The van der Waals surface area contributed by atoms with E-state index < -0.39 is 0 Å². The first-order valence-corrected chi connectivity index (χ1v) is 11.8. The molecule has 1 saturated heterocycles. The lowest BCUT2D eigenvalue weighted by Crippen LogP contribution is -2.47. The summed E-state index contributed by atoms with van der Waals surface area (Å²) in [5.41, 5.74) is 3.07. The van der Waals surface area contributed by atoms with Crippen molar-refractivity contribution >= 4 is 40.3 Å². The molecular weight excluding hydrogens is 429 g/mol. The second-order valence-corrected chi connectivity index (χ2v) is 10.6. The summed E-state index contributed by atoms with van der Waals surface area (Å²) < 4.78 is 5.92. The smallest absolute Gasteiger partial charge is 0.295 e. The summed E-state index contributed by atoms with van der Waals surface area (Å²) in [7, 11) is 0. The van der Waals surface area contributed by atoms with Gasteiger partial charge in [-0.15, -0.1) is 0 Å². The summed E-state index contributed by atoms with van der Waals surface area (Å²) in [6.45, 7) is 9.99. The van der Waals surface area contributed by atoms with Gasteiger partial charge < -0.3 is 14.6 Å². The number of hydrogen-bond donors (Lipinski definition) is 1. The molecule has 1 N–H and O–H groups in total. The van der Waals surface area contributed by atoms with E-state index in [0.717, 1.165) is 37.2 Å². The Hall–Kier alpha value is -1.75. The maximum atomic E-state index is 6.19. The highest BCUT2D eigenvalue weighted by molar-refractivity contribution is 6.42. The second-order valence-electron chi connectivity index (χ2n) is 9.75. The van der Waals surface area contributed by atoms with Crippen molar-refractivity contribution in [3.8, 4) is 0 Å². The number of para-hydroxylation sites is 2. The number of likely N-dealkylation sites (tertiary alicyclic amines) is 1. The Bertz CT molecular complexity index is 986. The highest BCUT2D eigenvalue weighted by Crippen LogP contribution is 2.29. The fourth-order valence-electron chi connectivity index (χ4n) is 4.25. The lowest BCUT2D eigenvalue weighted by atomic mass is 9.85. The third-order valence-electron chi connectivity index (χ3n) is 6.29. The quantitative estimate of drug-likeness (QED) is 0.434. The van der Waals surface area contributed by atoms with Crippen molar-refractivity contribution in [2.24, 2.45) is 11.3 Å². The van der Waals surface area contributed by atoms with Crippen LogP contribution in [0, 0.1) is 11.3 Å². The van der Waals surface area contributed by atoms with Crippen LogP contribution in [-0.2, 0) is 6.42 Å². The SMILES string of the molecule is CC(C)(C)[C@H](CN1CCC(Cc2ccc(Cl)c(Cl)c2)CC1)Nc1nc2ccccc2o1. The third-order valence-corrected chi connectivity index (χ3v) is 7.03. The number of nitrogens with one attached hydrogen (secondary N) is 1. The van der Waals surface area contributed by atoms with Crippen LogP contribution >= 0.6 is 23.2 Å². The molecule has 6 heteroatoms. The predicted octanol–water partition coefficient (Wildman–Crippen LogP) is 6.92. The molecule has 4 nitrogen and oxygen atoms in total. The molecule has 0 saturated carbocycles. The second kappa shape index (κ2) is 9.40. The zero-order valence-corrected chi connectivity index (χ0v) is 20.0. The average molecular weight is 460 g/mol. The van der Waals surface area contributed by atoms with Crippen LogP contribution in [0.5, 0.6) is 0 Å². The van der Waals surface area contributed by atoms with Gasteiger partial charge in [0, 0.05) is 12.6 Å². The van der Waals surface area contributed by atoms with Crippen LogP contribution in [0.4, 0.5) is 6.01 Å². The van der Waals surface area contributed by atoms with E-state index in [1.165, 1.54) is 18.4 Å². The van der Waals surface area contributed by atoms with E-state index in [9.17, 15) is 0 Å². The minimum Gasteiger partial charge on any atom is -0.424 e. The first kappa shape index (κ1) is 22.4. The Balaban J connectivity index is 1.34. The summed E-state index contributed by atoms with van der Waals surface area (Å²) in [6, 6.07) is 14.8. The Morgan fingerprint density at radius 3 is 2.52 bits per heavy atom. The number of hydrogen-bond acceptors (Lipinski definition) is 4. The first-order valence-electron chi connectivity index (χ1n) is 11.1. The van der Waals surface area contributed by atoms with Gasteiger partial charge in [0.05, 0.1) is 10.0 Å². The molecule has 4 rings (SSSR count). The molecule has 0 amide bonds. The van der Waals surface area contributed by atoms with Gasteiger partial charge in [-0.05, 0) is 73.5 Å². The van der Waals surface area contributed by atoms with Crippen LogP contribution < -0.4 is 5.32 Å². The predicted molar refractivity (Wildman–Crippen MR) is 130 cm³/mol. The van der Waals surface area contributed by atoms with E-state index in [4.69, 9.17) is 27.6 Å². The number of halogens is 2. The highest BCUT2D eigenvalue weighted by Gasteiger charge is 2.30. The number of benzene rings is 2. The fourth-order valence-corrected chi connectivity index (χ4v) is 4.57. The molecule has 31 heavy (non-hydrogen) atoms. The lowest BCUT2D eigenvalue weighted by Gasteiger charge is -2.38. The van der Waals surface area contributed by atoms with Crippen molar-refractivity contribution in [1.29, 1.82) is 0 Å². The molecular formula is C25H31Cl2N3O. The summed E-state index contributed by atoms with van der Waals surface area (Å²) in [6.07, 6.45) is 3.45. The first-order chi connectivity index (χ1) is 14.8.